The molecule has 0 aromatic heterocycles. The predicted molar refractivity (Wildman–Crippen MR) is 280 cm³/mol. The van der Waals surface area contributed by atoms with Crippen molar-refractivity contribution in [3.05, 3.63) is 179 Å². The molecule has 7 aromatic carbocycles. The van der Waals surface area contributed by atoms with Crippen LogP contribution >= 0.6 is 0 Å². The molecule has 4 aliphatic carbocycles. The Morgan fingerprint density at radius 2 is 1.05 bits per heavy atom. The second-order valence-electron chi connectivity index (χ2n) is 23.2. The molecule has 0 N–H and O–H groups in total. The first-order chi connectivity index (χ1) is 31.8. The van der Waals surface area contributed by atoms with Gasteiger partial charge in [-0.2, -0.15) is 0 Å². The molecule has 328 valence electrons. The molecule has 4 heteroatoms. The molecule has 1 spiro atoms. The lowest BCUT2D eigenvalue weighted by Gasteiger charge is -2.64. The first kappa shape index (κ1) is 40.3. The number of rotatable bonds is 4. The van der Waals surface area contributed by atoms with Crippen LogP contribution in [0.4, 0.5) is 51.2 Å². The zero-order chi connectivity index (χ0) is 45.0. The molecule has 0 atom stereocenters. The first-order valence-electron chi connectivity index (χ1n) is 25.0. The third-order valence-corrected chi connectivity index (χ3v) is 17.4. The van der Waals surface area contributed by atoms with Crippen LogP contribution in [0.2, 0.25) is 0 Å². The number of benzene rings is 7. The van der Waals surface area contributed by atoms with Crippen LogP contribution in [0.15, 0.2) is 146 Å². The summed E-state index contributed by atoms with van der Waals surface area (Å²) in [6, 6.07) is 57.4. The van der Waals surface area contributed by atoms with E-state index in [-0.39, 0.29) is 23.0 Å². The van der Waals surface area contributed by atoms with E-state index in [0.717, 1.165) is 11.8 Å². The maximum Gasteiger partial charge on any atom is 0.252 e. The van der Waals surface area contributed by atoms with Crippen LogP contribution in [0.1, 0.15) is 107 Å². The van der Waals surface area contributed by atoms with Gasteiger partial charge in [0, 0.05) is 50.9 Å². The minimum absolute atomic E-state index is 0.0427. The van der Waals surface area contributed by atoms with Gasteiger partial charge in [0.25, 0.3) is 6.71 Å². The monoisotopic (exact) mass is 860 g/mol. The summed E-state index contributed by atoms with van der Waals surface area (Å²) in [6.07, 6.45) is 6.94. The number of nitrogens with zero attached hydrogens (tertiary/aromatic N) is 3. The van der Waals surface area contributed by atoms with Crippen molar-refractivity contribution in [1.29, 1.82) is 0 Å². The van der Waals surface area contributed by atoms with Crippen LogP contribution in [-0.4, -0.2) is 6.71 Å². The standard InChI is InChI=1S/C62H62BN3/c1-38-19-24-48(31-39(38)2)65-55-30-29-49(64(46-25-20-42(21-26-46)60(3,4)5)47-27-22-43(23-28-47)61(6,7)8)37-53(55)63-52-15-11-14-51-59(52)66(57-18-12-17-56(65)58(57)63)54-16-10-9-13-50(54)62(51)44-33-40-32-41(35-44)36-45(62)34-40/h9-31,37,40-41,44-45H,32-36H2,1-8H3. The summed E-state index contributed by atoms with van der Waals surface area (Å²) in [5.41, 5.74) is 24.3. The highest BCUT2D eigenvalue weighted by atomic mass is 15.2. The van der Waals surface area contributed by atoms with Crippen molar-refractivity contribution in [2.75, 3.05) is 14.7 Å². The van der Waals surface area contributed by atoms with Gasteiger partial charge in [-0.1, -0.05) is 114 Å². The Balaban J connectivity index is 1.07. The normalized spacial score (nSPS) is 22.8. The molecule has 66 heavy (non-hydrogen) atoms. The van der Waals surface area contributed by atoms with Crippen LogP contribution < -0.4 is 31.1 Å². The summed E-state index contributed by atoms with van der Waals surface area (Å²) < 4.78 is 0. The highest BCUT2D eigenvalue weighted by Crippen LogP contribution is 2.69. The molecule has 0 unspecified atom stereocenters. The fourth-order valence-electron chi connectivity index (χ4n) is 14.5. The second-order valence-corrected chi connectivity index (χ2v) is 23.2. The first-order valence-corrected chi connectivity index (χ1v) is 25.0. The van der Waals surface area contributed by atoms with Crippen LogP contribution in [0.25, 0.3) is 0 Å². The van der Waals surface area contributed by atoms with Crippen molar-refractivity contribution in [2.45, 2.75) is 104 Å². The SMILES string of the molecule is Cc1ccc(N2c3ccc(N(c4ccc(C(C)(C)C)cc4)c4ccc(C(C)(C)C)cc4)cc3B3c4cccc5c4N(c4ccccc4C54C5CC6CC(C5)CC4C6)c4cccc2c43)cc1C. The maximum absolute atomic E-state index is 2.72. The summed E-state index contributed by atoms with van der Waals surface area (Å²) in [4.78, 5) is 7.79. The van der Waals surface area contributed by atoms with Gasteiger partial charge < -0.3 is 14.7 Å². The quantitative estimate of drug-likeness (QED) is 0.163. The van der Waals surface area contributed by atoms with Crippen LogP contribution in [0, 0.1) is 37.5 Å². The minimum Gasteiger partial charge on any atom is -0.311 e. The molecule has 4 fully saturated rings. The van der Waals surface area contributed by atoms with Crippen molar-refractivity contribution in [3.63, 3.8) is 0 Å². The Morgan fingerprint density at radius 1 is 0.485 bits per heavy atom. The zero-order valence-corrected chi connectivity index (χ0v) is 40.1. The van der Waals surface area contributed by atoms with Gasteiger partial charge in [-0.25, -0.2) is 0 Å². The van der Waals surface area contributed by atoms with Gasteiger partial charge in [-0.05, 0) is 203 Å². The van der Waals surface area contributed by atoms with Crippen molar-refractivity contribution >= 4 is 74.3 Å². The molecule has 0 saturated heterocycles. The predicted octanol–water partition coefficient (Wildman–Crippen LogP) is 14.5. The number of hydrogen-bond donors (Lipinski definition) is 0. The Kier molecular flexibility index (Phi) is 8.56. The molecular weight excluding hydrogens is 798 g/mol. The van der Waals surface area contributed by atoms with E-state index < -0.39 is 0 Å². The highest BCUT2D eigenvalue weighted by Gasteiger charge is 2.62. The lowest BCUT2D eigenvalue weighted by Crippen LogP contribution is -2.64. The van der Waals surface area contributed by atoms with Crippen molar-refractivity contribution < 1.29 is 0 Å². The molecule has 7 aliphatic rings. The largest absolute Gasteiger partial charge is 0.311 e. The molecule has 3 nitrogen and oxygen atoms in total. The summed E-state index contributed by atoms with van der Waals surface area (Å²) >= 11 is 0. The van der Waals surface area contributed by atoms with Gasteiger partial charge >= 0.3 is 0 Å². The van der Waals surface area contributed by atoms with Crippen molar-refractivity contribution in [3.8, 4) is 0 Å². The number of anilines is 9. The average Bonchev–Trinajstić information content (AvgIpc) is 3.30. The number of fused-ring (bicyclic) bond motifs is 6. The van der Waals surface area contributed by atoms with Crippen LogP contribution in [-0.2, 0) is 16.2 Å². The van der Waals surface area contributed by atoms with E-state index in [2.05, 4.69) is 216 Å². The number of para-hydroxylation sites is 2. The Bertz CT molecular complexity index is 3030. The average molecular weight is 860 g/mol. The molecule has 7 aromatic rings. The molecule has 0 radical (unpaired) electrons. The molecule has 3 aliphatic heterocycles. The fourth-order valence-corrected chi connectivity index (χ4v) is 14.5. The van der Waals surface area contributed by atoms with E-state index in [0.29, 0.717) is 11.8 Å². The fraction of sp³-hybridized carbons (Fsp3) is 0.323. The van der Waals surface area contributed by atoms with E-state index in [4.69, 9.17) is 0 Å². The van der Waals surface area contributed by atoms with Crippen LogP contribution in [0.5, 0.6) is 0 Å². The van der Waals surface area contributed by atoms with Crippen LogP contribution in [0.3, 0.4) is 0 Å². The Hall–Kier alpha value is -6.00. The van der Waals surface area contributed by atoms with E-state index in [1.807, 2.05) is 0 Å². The molecular formula is C62H62BN3. The molecule has 3 heterocycles. The summed E-state index contributed by atoms with van der Waals surface area (Å²) in [5, 5.41) is 0. The number of aryl methyl sites for hydroxylation is 2. The highest BCUT2D eigenvalue weighted by molar-refractivity contribution is 7.00. The smallest absolute Gasteiger partial charge is 0.252 e. The third-order valence-electron chi connectivity index (χ3n) is 17.4. The lowest BCUT2D eigenvalue weighted by molar-refractivity contribution is -0.0419. The molecule has 14 rings (SSSR count). The van der Waals surface area contributed by atoms with Gasteiger partial charge in [-0.3, -0.25) is 0 Å². The van der Waals surface area contributed by atoms with Gasteiger partial charge in [0.15, 0.2) is 0 Å². The maximum atomic E-state index is 2.72. The number of hydrogen-bond acceptors (Lipinski definition) is 3. The second kappa shape index (κ2) is 14.0. The van der Waals surface area contributed by atoms with E-state index in [1.54, 1.807) is 11.1 Å². The van der Waals surface area contributed by atoms with E-state index >= 15 is 0 Å². The lowest BCUT2D eigenvalue weighted by atomic mass is 9.32. The summed E-state index contributed by atoms with van der Waals surface area (Å²) in [5.74, 6) is 3.15. The van der Waals surface area contributed by atoms with Gasteiger partial charge in [0.1, 0.15) is 0 Å². The topological polar surface area (TPSA) is 9.72 Å². The molecule has 4 bridgehead atoms. The minimum atomic E-state index is 0.0427. The van der Waals surface area contributed by atoms with E-state index in [1.165, 1.54) is 122 Å². The van der Waals surface area contributed by atoms with Gasteiger partial charge in [0.05, 0.1) is 5.69 Å². The summed E-state index contributed by atoms with van der Waals surface area (Å²) in [6.45, 7) is 18.4. The van der Waals surface area contributed by atoms with Crippen molar-refractivity contribution in [2.24, 2.45) is 23.7 Å². The van der Waals surface area contributed by atoms with Gasteiger partial charge in [0.2, 0.25) is 0 Å². The molecule has 4 saturated carbocycles. The van der Waals surface area contributed by atoms with Gasteiger partial charge in [-0.15, -0.1) is 0 Å². The Morgan fingerprint density at radius 3 is 1.67 bits per heavy atom. The zero-order valence-electron chi connectivity index (χ0n) is 40.1. The third kappa shape index (κ3) is 5.63. The molecule has 0 amide bonds. The van der Waals surface area contributed by atoms with Crippen molar-refractivity contribution in [1.82, 2.24) is 0 Å². The Labute approximate surface area is 393 Å². The van der Waals surface area contributed by atoms with E-state index in [9.17, 15) is 0 Å². The summed E-state index contributed by atoms with van der Waals surface area (Å²) in [7, 11) is 0.